The van der Waals surface area contributed by atoms with Gasteiger partial charge in [0.05, 0.1) is 5.52 Å². The van der Waals surface area contributed by atoms with Crippen LogP contribution in [-0.2, 0) is 0 Å². The van der Waals surface area contributed by atoms with Crippen molar-refractivity contribution in [3.8, 4) is 0 Å². The Bertz CT molecular complexity index is 1570. The molecule has 0 atom stereocenters. The summed E-state index contributed by atoms with van der Waals surface area (Å²) in [4.78, 5) is 28.9. The van der Waals surface area contributed by atoms with Crippen LogP contribution in [0, 0.1) is 0 Å². The van der Waals surface area contributed by atoms with Gasteiger partial charge in [0.2, 0.25) is 5.55 Å². The molecule has 5 rings (SSSR count). The molecule has 5 aromatic rings. The minimum Gasteiger partial charge on any atom is -0.436 e. The lowest BCUT2D eigenvalue weighted by Gasteiger charge is -2.06. The van der Waals surface area contributed by atoms with Gasteiger partial charge in [-0.2, -0.15) is 0 Å². The smallest absolute Gasteiger partial charge is 0.290 e. The second-order valence-electron chi connectivity index (χ2n) is 6.97. The third kappa shape index (κ3) is 3.38. The molecule has 7 nitrogen and oxygen atoms in total. The maximum absolute atomic E-state index is 12.6. The lowest BCUT2D eigenvalue weighted by molar-refractivity contribution is 0.0942. The monoisotopic (exact) mass is 408 g/mol. The molecule has 0 fully saturated rings. The Hall–Kier alpha value is -4.52. The van der Waals surface area contributed by atoms with E-state index in [-0.39, 0.29) is 16.8 Å². The Morgan fingerprint density at radius 1 is 0.871 bits per heavy atom. The number of para-hydroxylation sites is 1. The number of hydrogen-bond acceptors (Lipinski definition) is 5. The summed E-state index contributed by atoms with van der Waals surface area (Å²) in [5, 5.41) is 7.58. The van der Waals surface area contributed by atoms with E-state index in [9.17, 15) is 9.59 Å². The third-order valence-corrected chi connectivity index (χ3v) is 5.01. The SMILES string of the molecule is NC(=O)c1cc2c(ccc3ccccc32)oc1=NNC(=O)c1ccc2ccccc2n1. The summed E-state index contributed by atoms with van der Waals surface area (Å²) in [6.45, 7) is 0. The first-order chi connectivity index (χ1) is 15.1. The number of nitrogens with zero attached hydrogens (tertiary/aromatic N) is 2. The largest absolute Gasteiger partial charge is 0.436 e. The topological polar surface area (TPSA) is 111 Å². The zero-order chi connectivity index (χ0) is 21.4. The van der Waals surface area contributed by atoms with E-state index in [0.717, 1.165) is 21.5 Å². The van der Waals surface area contributed by atoms with Crippen LogP contribution >= 0.6 is 0 Å². The molecule has 2 amide bonds. The van der Waals surface area contributed by atoms with Gasteiger partial charge in [-0.3, -0.25) is 9.59 Å². The van der Waals surface area contributed by atoms with E-state index >= 15 is 0 Å². The second-order valence-corrected chi connectivity index (χ2v) is 6.97. The standard InChI is InChI=1S/C24H16N4O3/c25-22(29)18-13-17-16-7-3-1-5-14(16)10-12-21(17)31-24(18)28-27-23(30)20-11-9-15-6-2-4-8-19(15)26-20/h1-13H,(H2,25,29)(H,27,30). The van der Waals surface area contributed by atoms with Crippen molar-refractivity contribution in [2.75, 3.05) is 0 Å². The molecule has 3 aromatic carbocycles. The summed E-state index contributed by atoms with van der Waals surface area (Å²) < 4.78 is 5.82. The number of carbonyl (C=O) groups excluding carboxylic acids is 2. The molecule has 150 valence electrons. The Morgan fingerprint density at radius 3 is 2.45 bits per heavy atom. The summed E-state index contributed by atoms with van der Waals surface area (Å²) in [7, 11) is 0. The van der Waals surface area contributed by atoms with Gasteiger partial charge in [0.25, 0.3) is 11.8 Å². The molecule has 2 heterocycles. The molecule has 0 aliphatic rings. The van der Waals surface area contributed by atoms with Gasteiger partial charge < -0.3 is 10.2 Å². The van der Waals surface area contributed by atoms with Crippen molar-refractivity contribution in [2.45, 2.75) is 0 Å². The van der Waals surface area contributed by atoms with Crippen LogP contribution in [-0.4, -0.2) is 16.8 Å². The average molecular weight is 408 g/mol. The Morgan fingerprint density at radius 2 is 1.61 bits per heavy atom. The van der Waals surface area contributed by atoms with Crippen LogP contribution in [0.15, 0.2) is 88.4 Å². The number of benzene rings is 3. The minimum absolute atomic E-state index is 0.0654. The van der Waals surface area contributed by atoms with Gasteiger partial charge in [-0.15, -0.1) is 5.10 Å². The van der Waals surface area contributed by atoms with Gasteiger partial charge in [0.1, 0.15) is 16.8 Å². The Balaban J connectivity index is 1.57. The fraction of sp³-hybridized carbons (Fsp3) is 0. The van der Waals surface area contributed by atoms with E-state index in [4.69, 9.17) is 10.2 Å². The molecular formula is C24H16N4O3. The summed E-state index contributed by atoms with van der Waals surface area (Å²) in [5.74, 6) is -1.25. The van der Waals surface area contributed by atoms with Gasteiger partial charge in [-0.1, -0.05) is 54.6 Å². The quantitative estimate of drug-likeness (QED) is 0.352. The fourth-order valence-corrected chi connectivity index (χ4v) is 3.49. The molecule has 2 aromatic heterocycles. The summed E-state index contributed by atoms with van der Waals surface area (Å²) in [6, 6.07) is 23.9. The van der Waals surface area contributed by atoms with Crippen LogP contribution in [0.2, 0.25) is 0 Å². The lowest BCUT2D eigenvalue weighted by atomic mass is 10.0. The van der Waals surface area contributed by atoms with Crippen LogP contribution in [0.25, 0.3) is 32.6 Å². The molecule has 3 N–H and O–H groups in total. The zero-order valence-electron chi connectivity index (χ0n) is 16.2. The van der Waals surface area contributed by atoms with E-state index in [0.29, 0.717) is 11.1 Å². The minimum atomic E-state index is -0.713. The molecule has 0 bridgehead atoms. The Labute approximate surface area is 175 Å². The van der Waals surface area contributed by atoms with Crippen molar-refractivity contribution < 1.29 is 14.0 Å². The average Bonchev–Trinajstić information content (AvgIpc) is 2.81. The highest BCUT2D eigenvalue weighted by atomic mass is 16.3. The number of hydrogen-bond donors (Lipinski definition) is 2. The molecule has 0 radical (unpaired) electrons. The number of aromatic nitrogens is 1. The number of fused-ring (bicyclic) bond motifs is 4. The van der Waals surface area contributed by atoms with Crippen molar-refractivity contribution in [3.63, 3.8) is 0 Å². The van der Waals surface area contributed by atoms with Crippen LogP contribution in [0.5, 0.6) is 0 Å². The highest BCUT2D eigenvalue weighted by Crippen LogP contribution is 2.24. The van der Waals surface area contributed by atoms with Crippen molar-refractivity contribution in [1.29, 1.82) is 0 Å². The first-order valence-corrected chi connectivity index (χ1v) is 9.55. The number of carbonyl (C=O) groups is 2. The molecule has 0 saturated carbocycles. The highest BCUT2D eigenvalue weighted by Gasteiger charge is 2.13. The van der Waals surface area contributed by atoms with Crippen LogP contribution in [0.4, 0.5) is 0 Å². The molecule has 31 heavy (non-hydrogen) atoms. The number of primary amides is 1. The predicted octanol–water partition coefficient (Wildman–Crippen LogP) is 3.48. The molecule has 0 spiro atoms. The van der Waals surface area contributed by atoms with Crippen molar-refractivity contribution in [2.24, 2.45) is 10.8 Å². The second kappa shape index (κ2) is 7.38. The van der Waals surface area contributed by atoms with Gasteiger partial charge in [-0.25, -0.2) is 10.4 Å². The van der Waals surface area contributed by atoms with E-state index < -0.39 is 11.8 Å². The van der Waals surface area contributed by atoms with Crippen LogP contribution in [0.1, 0.15) is 20.8 Å². The van der Waals surface area contributed by atoms with E-state index in [1.807, 2.05) is 54.6 Å². The lowest BCUT2D eigenvalue weighted by Crippen LogP contribution is -2.27. The van der Waals surface area contributed by atoms with Crippen molar-refractivity contribution in [3.05, 3.63) is 95.7 Å². The van der Waals surface area contributed by atoms with Gasteiger partial charge in [-0.05, 0) is 35.0 Å². The summed E-state index contributed by atoms with van der Waals surface area (Å²) >= 11 is 0. The predicted molar refractivity (Wildman–Crippen MR) is 117 cm³/mol. The maximum atomic E-state index is 12.6. The molecule has 0 unspecified atom stereocenters. The van der Waals surface area contributed by atoms with E-state index in [1.165, 1.54) is 0 Å². The summed E-state index contributed by atoms with van der Waals surface area (Å²) in [6.07, 6.45) is 0. The van der Waals surface area contributed by atoms with E-state index in [2.05, 4.69) is 15.5 Å². The number of pyridine rings is 1. The molecule has 0 aliphatic heterocycles. The van der Waals surface area contributed by atoms with Crippen molar-refractivity contribution in [1.82, 2.24) is 10.4 Å². The molecule has 0 saturated heterocycles. The van der Waals surface area contributed by atoms with Gasteiger partial charge in [0, 0.05) is 10.8 Å². The molecule has 0 aliphatic carbocycles. The number of amides is 2. The first kappa shape index (κ1) is 18.5. The number of rotatable bonds is 3. The Kier molecular flexibility index (Phi) is 4.41. The number of nitrogens with two attached hydrogens (primary N) is 1. The molecular weight excluding hydrogens is 392 g/mol. The fourth-order valence-electron chi connectivity index (χ4n) is 3.49. The maximum Gasteiger partial charge on any atom is 0.290 e. The normalized spacial score (nSPS) is 11.8. The van der Waals surface area contributed by atoms with Crippen LogP contribution in [0.3, 0.4) is 0 Å². The van der Waals surface area contributed by atoms with Crippen LogP contribution < -0.4 is 16.7 Å². The molecule has 7 heteroatoms. The van der Waals surface area contributed by atoms with E-state index in [1.54, 1.807) is 24.3 Å². The third-order valence-electron chi connectivity index (χ3n) is 5.01. The first-order valence-electron chi connectivity index (χ1n) is 9.55. The highest BCUT2D eigenvalue weighted by molar-refractivity contribution is 6.07. The van der Waals surface area contributed by atoms with Gasteiger partial charge in [0.15, 0.2) is 0 Å². The number of nitrogens with one attached hydrogen (secondary N) is 1. The van der Waals surface area contributed by atoms with Crippen molar-refractivity contribution >= 4 is 44.5 Å². The zero-order valence-corrected chi connectivity index (χ0v) is 16.2. The van der Waals surface area contributed by atoms with Gasteiger partial charge >= 0.3 is 0 Å². The summed E-state index contributed by atoms with van der Waals surface area (Å²) in [5.41, 5.74) is 9.32.